The molecule has 2 heterocycles. The highest BCUT2D eigenvalue weighted by molar-refractivity contribution is 7.09. The van der Waals surface area contributed by atoms with Gasteiger partial charge in [-0.25, -0.2) is 14.8 Å². The number of rotatable bonds is 4. The topological polar surface area (TPSA) is 80.0 Å². The van der Waals surface area contributed by atoms with Gasteiger partial charge in [0.2, 0.25) is 0 Å². The van der Waals surface area contributed by atoms with Crippen LogP contribution in [0.5, 0.6) is 0 Å². The van der Waals surface area contributed by atoms with Gasteiger partial charge in [0, 0.05) is 11.6 Å². The number of amides is 2. The fraction of sp³-hybridized carbons (Fsp3) is 0.300. The third-order valence-corrected chi connectivity index (χ3v) is 3.01. The quantitative estimate of drug-likeness (QED) is 0.875. The molecule has 2 amide bonds. The maximum atomic E-state index is 11.6. The number of thiazole rings is 1. The van der Waals surface area contributed by atoms with Crippen LogP contribution in [-0.2, 0) is 0 Å². The Hall–Kier alpha value is -1.89. The molecule has 2 rings (SSSR count). The number of urea groups is 1. The summed E-state index contributed by atoms with van der Waals surface area (Å²) >= 11 is 1.51. The van der Waals surface area contributed by atoms with Crippen LogP contribution in [-0.4, -0.2) is 16.0 Å². The van der Waals surface area contributed by atoms with Gasteiger partial charge in [-0.05, 0) is 6.42 Å². The molecule has 0 aromatic carbocycles. The molecular weight excluding hydrogens is 240 g/mol. The van der Waals surface area contributed by atoms with E-state index in [4.69, 9.17) is 4.42 Å². The first-order valence-electron chi connectivity index (χ1n) is 5.16. The van der Waals surface area contributed by atoms with E-state index in [2.05, 4.69) is 20.6 Å². The van der Waals surface area contributed by atoms with Crippen molar-refractivity contribution in [3.8, 4) is 0 Å². The average molecular weight is 252 g/mol. The van der Waals surface area contributed by atoms with E-state index >= 15 is 0 Å². The molecule has 90 valence electrons. The zero-order valence-corrected chi connectivity index (χ0v) is 10.0. The molecule has 0 aliphatic carbocycles. The molecule has 2 aromatic rings. The lowest BCUT2D eigenvalue weighted by Crippen LogP contribution is -2.32. The fourth-order valence-electron chi connectivity index (χ4n) is 1.32. The van der Waals surface area contributed by atoms with Crippen LogP contribution < -0.4 is 10.6 Å². The predicted molar refractivity (Wildman–Crippen MR) is 63.8 cm³/mol. The molecule has 0 aliphatic heterocycles. The van der Waals surface area contributed by atoms with Crippen molar-refractivity contribution in [1.29, 1.82) is 0 Å². The van der Waals surface area contributed by atoms with Crippen LogP contribution in [0.4, 0.5) is 10.8 Å². The second-order valence-electron chi connectivity index (χ2n) is 3.27. The molecule has 0 fully saturated rings. The van der Waals surface area contributed by atoms with Gasteiger partial charge in [0.15, 0.2) is 0 Å². The molecule has 0 saturated carbocycles. The summed E-state index contributed by atoms with van der Waals surface area (Å²) in [5.41, 5.74) is 0. The molecule has 1 unspecified atom stereocenters. The number of hydrogen-bond donors (Lipinski definition) is 2. The third-order valence-electron chi connectivity index (χ3n) is 2.12. The normalized spacial score (nSPS) is 12.1. The third kappa shape index (κ3) is 3.04. The minimum atomic E-state index is -0.352. The number of oxazole rings is 1. The maximum Gasteiger partial charge on any atom is 0.323 e. The second-order valence-corrected chi connectivity index (χ2v) is 4.19. The number of aromatic nitrogens is 2. The van der Waals surface area contributed by atoms with E-state index in [9.17, 15) is 4.79 Å². The Balaban J connectivity index is 1.93. The smallest absolute Gasteiger partial charge is 0.323 e. The summed E-state index contributed by atoms with van der Waals surface area (Å²) in [5, 5.41) is 8.07. The maximum absolute atomic E-state index is 11.6. The monoisotopic (exact) mass is 252 g/mol. The number of carbonyl (C=O) groups is 1. The summed E-state index contributed by atoms with van der Waals surface area (Å²) in [4.78, 5) is 19.6. The molecule has 6 nitrogen and oxygen atoms in total. The lowest BCUT2D eigenvalue weighted by atomic mass is 10.2. The van der Waals surface area contributed by atoms with Crippen molar-refractivity contribution in [3.63, 3.8) is 0 Å². The van der Waals surface area contributed by atoms with E-state index in [1.807, 2.05) is 12.3 Å². The zero-order chi connectivity index (χ0) is 12.1. The Labute approximate surface area is 102 Å². The predicted octanol–water partition coefficient (Wildman–Crippen LogP) is 2.40. The second kappa shape index (κ2) is 5.44. The molecule has 0 aliphatic rings. The number of nitrogens with zero attached hydrogens (tertiary/aromatic N) is 2. The van der Waals surface area contributed by atoms with Gasteiger partial charge >= 0.3 is 12.0 Å². The van der Waals surface area contributed by atoms with E-state index in [-0.39, 0.29) is 18.1 Å². The lowest BCUT2D eigenvalue weighted by Gasteiger charge is -2.13. The minimum Gasteiger partial charge on any atom is -0.432 e. The Morgan fingerprint density at radius 3 is 3.00 bits per heavy atom. The van der Waals surface area contributed by atoms with Gasteiger partial charge in [0.25, 0.3) is 0 Å². The largest absolute Gasteiger partial charge is 0.432 e. The summed E-state index contributed by atoms with van der Waals surface area (Å²) in [7, 11) is 0. The van der Waals surface area contributed by atoms with Gasteiger partial charge in [-0.2, -0.15) is 0 Å². The Morgan fingerprint density at radius 1 is 1.53 bits per heavy atom. The highest BCUT2D eigenvalue weighted by Gasteiger charge is 2.15. The molecule has 0 bridgehead atoms. The summed E-state index contributed by atoms with van der Waals surface area (Å²) < 4.78 is 4.91. The summed E-state index contributed by atoms with van der Waals surface area (Å²) in [6, 6.07) is -0.268. The minimum absolute atomic E-state index is 0.0926. The van der Waals surface area contributed by atoms with Crippen LogP contribution in [0, 0.1) is 0 Å². The molecule has 1 atom stereocenters. The van der Waals surface area contributed by atoms with Crippen LogP contribution in [0.2, 0.25) is 0 Å². The van der Waals surface area contributed by atoms with Crippen molar-refractivity contribution >= 4 is 23.4 Å². The van der Waals surface area contributed by atoms with E-state index in [1.54, 1.807) is 6.20 Å². The van der Waals surface area contributed by atoms with Crippen molar-refractivity contribution < 1.29 is 9.21 Å². The van der Waals surface area contributed by atoms with E-state index in [0.717, 1.165) is 11.4 Å². The molecule has 2 N–H and O–H groups in total. The lowest BCUT2D eigenvalue weighted by molar-refractivity contribution is 0.247. The van der Waals surface area contributed by atoms with Crippen molar-refractivity contribution in [1.82, 2.24) is 15.3 Å². The van der Waals surface area contributed by atoms with Crippen molar-refractivity contribution in [2.75, 3.05) is 5.32 Å². The molecule has 0 radical (unpaired) electrons. The Morgan fingerprint density at radius 2 is 2.41 bits per heavy atom. The summed E-state index contributed by atoms with van der Waals surface area (Å²) in [5.74, 6) is 0. The highest BCUT2D eigenvalue weighted by Crippen LogP contribution is 2.18. The van der Waals surface area contributed by atoms with Gasteiger partial charge in [-0.15, -0.1) is 11.3 Å². The van der Waals surface area contributed by atoms with Crippen molar-refractivity contribution in [3.05, 3.63) is 29.0 Å². The first kappa shape index (κ1) is 11.6. The van der Waals surface area contributed by atoms with Gasteiger partial charge < -0.3 is 9.73 Å². The van der Waals surface area contributed by atoms with Gasteiger partial charge in [-0.1, -0.05) is 6.92 Å². The van der Waals surface area contributed by atoms with Crippen LogP contribution in [0.25, 0.3) is 0 Å². The average Bonchev–Trinajstić information content (AvgIpc) is 2.97. The van der Waals surface area contributed by atoms with Gasteiger partial charge in [0.05, 0.1) is 12.2 Å². The number of carbonyl (C=O) groups excluding carboxylic acids is 1. The molecule has 7 heteroatoms. The highest BCUT2D eigenvalue weighted by atomic mass is 32.1. The first-order chi connectivity index (χ1) is 8.29. The Kier molecular flexibility index (Phi) is 3.71. The molecule has 2 aromatic heterocycles. The molecular formula is C10H12N4O2S. The zero-order valence-electron chi connectivity index (χ0n) is 9.21. The standard InChI is InChI=1S/C10H12N4O2S/c1-2-7(8-11-4-6-17-8)13-9(15)14-10-12-3-5-16-10/h3-7H,2H2,1H3,(H2,12,13,14,15). The molecule has 17 heavy (non-hydrogen) atoms. The first-order valence-corrected chi connectivity index (χ1v) is 6.04. The Bertz CT molecular complexity index is 455. The van der Waals surface area contributed by atoms with Crippen LogP contribution in [0.1, 0.15) is 24.4 Å². The fourth-order valence-corrected chi connectivity index (χ4v) is 2.09. The summed E-state index contributed by atoms with van der Waals surface area (Å²) in [6.45, 7) is 1.98. The number of hydrogen-bond acceptors (Lipinski definition) is 5. The SMILES string of the molecule is CCC(NC(=O)Nc1ncco1)c1nccs1. The van der Waals surface area contributed by atoms with Crippen molar-refractivity contribution in [2.24, 2.45) is 0 Å². The van der Waals surface area contributed by atoms with Crippen LogP contribution >= 0.6 is 11.3 Å². The van der Waals surface area contributed by atoms with E-state index in [1.165, 1.54) is 23.8 Å². The number of anilines is 1. The van der Waals surface area contributed by atoms with E-state index < -0.39 is 0 Å². The van der Waals surface area contributed by atoms with Gasteiger partial charge in [-0.3, -0.25) is 5.32 Å². The molecule has 0 spiro atoms. The summed E-state index contributed by atoms with van der Waals surface area (Å²) in [6.07, 6.45) is 5.35. The van der Waals surface area contributed by atoms with Crippen LogP contribution in [0.3, 0.4) is 0 Å². The molecule has 0 saturated heterocycles. The van der Waals surface area contributed by atoms with Gasteiger partial charge in [0.1, 0.15) is 11.3 Å². The number of nitrogens with one attached hydrogen (secondary N) is 2. The van der Waals surface area contributed by atoms with E-state index in [0.29, 0.717) is 0 Å². The van der Waals surface area contributed by atoms with Crippen LogP contribution in [0.15, 0.2) is 28.5 Å². The van der Waals surface area contributed by atoms with Crippen molar-refractivity contribution in [2.45, 2.75) is 19.4 Å².